The molecule has 2 aliphatic carbocycles. The van der Waals surface area contributed by atoms with Gasteiger partial charge >= 0.3 is 0 Å². The van der Waals surface area contributed by atoms with Crippen LogP contribution in [0, 0.1) is 11.8 Å². The van der Waals surface area contributed by atoms with E-state index in [1.54, 1.807) is 0 Å². The van der Waals surface area contributed by atoms with E-state index in [4.69, 9.17) is 5.73 Å². The van der Waals surface area contributed by atoms with Crippen molar-refractivity contribution in [3.8, 4) is 0 Å². The lowest BCUT2D eigenvalue weighted by Gasteiger charge is -2.26. The lowest BCUT2D eigenvalue weighted by molar-refractivity contribution is -0.129. The summed E-state index contributed by atoms with van der Waals surface area (Å²) < 4.78 is 0. The largest absolute Gasteiger partial charge is 0.352 e. The summed E-state index contributed by atoms with van der Waals surface area (Å²) in [6.45, 7) is 0.838. The van der Waals surface area contributed by atoms with E-state index in [9.17, 15) is 9.59 Å². The first-order chi connectivity index (χ1) is 8.69. The minimum absolute atomic E-state index is 0.0245. The van der Waals surface area contributed by atoms with Gasteiger partial charge in [0.15, 0.2) is 0 Å². The molecule has 18 heavy (non-hydrogen) atoms. The molecule has 0 aromatic rings. The first-order valence-corrected chi connectivity index (χ1v) is 6.96. The van der Waals surface area contributed by atoms with Gasteiger partial charge in [-0.1, -0.05) is 0 Å². The minimum Gasteiger partial charge on any atom is -0.352 e. The Morgan fingerprint density at radius 3 is 2.28 bits per heavy atom. The Hall–Kier alpha value is -1.10. The van der Waals surface area contributed by atoms with Crippen LogP contribution in [-0.4, -0.2) is 30.9 Å². The fourth-order valence-corrected chi connectivity index (χ4v) is 2.48. The fraction of sp³-hybridized carbons (Fsp3) is 0.846. The van der Waals surface area contributed by atoms with Crippen molar-refractivity contribution in [1.82, 2.24) is 10.6 Å². The van der Waals surface area contributed by atoms with Crippen LogP contribution in [0.5, 0.6) is 0 Å². The predicted molar refractivity (Wildman–Crippen MR) is 68.7 cm³/mol. The summed E-state index contributed by atoms with van der Waals surface area (Å²) in [6, 6.07) is 0.356. The lowest BCUT2D eigenvalue weighted by Crippen LogP contribution is -2.41. The van der Waals surface area contributed by atoms with Crippen LogP contribution in [0.2, 0.25) is 0 Å². The second kappa shape index (κ2) is 6.18. The van der Waals surface area contributed by atoms with E-state index in [0.717, 1.165) is 45.1 Å². The third-order valence-corrected chi connectivity index (χ3v) is 3.92. The Morgan fingerprint density at radius 2 is 1.72 bits per heavy atom. The number of nitrogens with one attached hydrogen (secondary N) is 2. The summed E-state index contributed by atoms with van der Waals surface area (Å²) in [5.74, 6) is 0.603. The Bertz CT molecular complexity index is 307. The highest BCUT2D eigenvalue weighted by Crippen LogP contribution is 2.28. The number of carbonyl (C=O) groups excluding carboxylic acids is 2. The summed E-state index contributed by atoms with van der Waals surface area (Å²) in [7, 11) is 0. The molecule has 0 spiro atoms. The van der Waals surface area contributed by atoms with Gasteiger partial charge in [-0.15, -0.1) is 0 Å². The second-order valence-electron chi connectivity index (χ2n) is 5.51. The van der Waals surface area contributed by atoms with E-state index in [1.807, 2.05) is 0 Å². The van der Waals surface area contributed by atoms with Crippen LogP contribution >= 0.6 is 0 Å². The monoisotopic (exact) mass is 253 g/mol. The van der Waals surface area contributed by atoms with E-state index >= 15 is 0 Å². The number of hydrogen-bond acceptors (Lipinski definition) is 3. The van der Waals surface area contributed by atoms with Gasteiger partial charge in [0.2, 0.25) is 11.8 Å². The van der Waals surface area contributed by atoms with E-state index in [2.05, 4.69) is 10.6 Å². The van der Waals surface area contributed by atoms with E-state index in [1.165, 1.54) is 0 Å². The molecule has 4 N–H and O–H groups in total. The Balaban J connectivity index is 1.63. The van der Waals surface area contributed by atoms with Crippen LogP contribution in [0.4, 0.5) is 0 Å². The van der Waals surface area contributed by atoms with Gasteiger partial charge in [-0.2, -0.15) is 0 Å². The fourth-order valence-electron chi connectivity index (χ4n) is 2.48. The smallest absolute Gasteiger partial charge is 0.239 e. The first kappa shape index (κ1) is 13.3. The Kier molecular flexibility index (Phi) is 4.58. The average molecular weight is 253 g/mol. The maximum Gasteiger partial charge on any atom is 0.239 e. The van der Waals surface area contributed by atoms with Crippen LogP contribution in [-0.2, 0) is 9.59 Å². The van der Waals surface area contributed by atoms with Crippen molar-refractivity contribution in [3.63, 3.8) is 0 Å². The topological polar surface area (TPSA) is 84.2 Å². The molecule has 0 aliphatic heterocycles. The number of rotatable bonds is 5. The molecule has 0 bridgehead atoms. The third-order valence-electron chi connectivity index (χ3n) is 3.92. The molecule has 2 rings (SSSR count). The molecule has 2 aliphatic rings. The van der Waals surface area contributed by atoms with Crippen molar-refractivity contribution in [1.29, 1.82) is 0 Å². The summed E-state index contributed by atoms with van der Waals surface area (Å²) in [5.41, 5.74) is 5.62. The van der Waals surface area contributed by atoms with E-state index in [0.29, 0.717) is 12.0 Å². The summed E-state index contributed by atoms with van der Waals surface area (Å²) >= 11 is 0. The molecular weight excluding hydrogens is 230 g/mol. The molecule has 0 saturated heterocycles. The van der Waals surface area contributed by atoms with Crippen molar-refractivity contribution < 1.29 is 9.59 Å². The molecule has 102 valence electrons. The van der Waals surface area contributed by atoms with Crippen molar-refractivity contribution in [2.45, 2.75) is 44.6 Å². The highest BCUT2D eigenvalue weighted by atomic mass is 16.2. The standard InChI is InChI=1S/C13H23N3O2/c14-7-9-1-3-10(4-2-9)13(18)15-8-12(17)16-11-5-6-11/h9-11H,1-8,14H2,(H,15,18)(H,16,17). The quantitative estimate of drug-likeness (QED) is 0.652. The van der Waals surface area contributed by atoms with Crippen LogP contribution in [0.3, 0.4) is 0 Å². The average Bonchev–Trinajstić information content (AvgIpc) is 3.20. The molecule has 0 atom stereocenters. The lowest BCUT2D eigenvalue weighted by atomic mass is 9.81. The van der Waals surface area contributed by atoms with Gasteiger partial charge in [-0.25, -0.2) is 0 Å². The highest BCUT2D eigenvalue weighted by Gasteiger charge is 2.26. The SMILES string of the molecule is NCC1CCC(C(=O)NCC(=O)NC2CC2)CC1. The van der Waals surface area contributed by atoms with E-state index in [-0.39, 0.29) is 24.3 Å². The maximum absolute atomic E-state index is 11.9. The van der Waals surface area contributed by atoms with Gasteiger partial charge in [0.1, 0.15) is 0 Å². The summed E-state index contributed by atoms with van der Waals surface area (Å²) in [4.78, 5) is 23.3. The van der Waals surface area contributed by atoms with E-state index < -0.39 is 0 Å². The molecule has 2 amide bonds. The molecule has 0 aromatic carbocycles. The highest BCUT2D eigenvalue weighted by molar-refractivity contribution is 5.86. The Labute approximate surface area is 108 Å². The zero-order valence-electron chi connectivity index (χ0n) is 10.8. The normalized spacial score (nSPS) is 27.6. The predicted octanol–water partition coefficient (Wildman–Crippen LogP) is 0.146. The van der Waals surface area contributed by atoms with Gasteiger partial charge in [0, 0.05) is 12.0 Å². The maximum atomic E-state index is 11.9. The molecule has 2 saturated carbocycles. The van der Waals surface area contributed by atoms with Crippen molar-refractivity contribution in [2.75, 3.05) is 13.1 Å². The van der Waals surface area contributed by atoms with Crippen LogP contribution < -0.4 is 16.4 Å². The van der Waals surface area contributed by atoms with Crippen LogP contribution in [0.1, 0.15) is 38.5 Å². The van der Waals surface area contributed by atoms with Crippen molar-refractivity contribution in [3.05, 3.63) is 0 Å². The second-order valence-corrected chi connectivity index (χ2v) is 5.51. The number of nitrogens with two attached hydrogens (primary N) is 1. The molecule has 5 nitrogen and oxygen atoms in total. The summed E-state index contributed by atoms with van der Waals surface area (Å²) in [5, 5.41) is 5.59. The molecule has 0 unspecified atom stereocenters. The molecule has 0 aromatic heterocycles. The zero-order chi connectivity index (χ0) is 13.0. The first-order valence-electron chi connectivity index (χ1n) is 6.96. The summed E-state index contributed by atoms with van der Waals surface area (Å²) in [6.07, 6.45) is 6.01. The van der Waals surface area contributed by atoms with Gasteiger partial charge in [-0.05, 0) is 51.0 Å². The van der Waals surface area contributed by atoms with Gasteiger partial charge in [0.05, 0.1) is 6.54 Å². The van der Waals surface area contributed by atoms with Crippen LogP contribution in [0.15, 0.2) is 0 Å². The molecule has 5 heteroatoms. The zero-order valence-corrected chi connectivity index (χ0v) is 10.8. The molecule has 0 radical (unpaired) electrons. The van der Waals surface area contributed by atoms with Crippen LogP contribution in [0.25, 0.3) is 0 Å². The van der Waals surface area contributed by atoms with Gasteiger partial charge in [-0.3, -0.25) is 9.59 Å². The van der Waals surface area contributed by atoms with Crippen molar-refractivity contribution >= 4 is 11.8 Å². The molecular formula is C13H23N3O2. The molecule has 0 heterocycles. The Morgan fingerprint density at radius 1 is 1.06 bits per heavy atom. The third kappa shape index (κ3) is 3.98. The molecule has 2 fully saturated rings. The van der Waals surface area contributed by atoms with Gasteiger partial charge < -0.3 is 16.4 Å². The van der Waals surface area contributed by atoms with Gasteiger partial charge in [0.25, 0.3) is 0 Å². The number of carbonyl (C=O) groups is 2. The minimum atomic E-state index is -0.0681. The number of amides is 2. The van der Waals surface area contributed by atoms with Crippen molar-refractivity contribution in [2.24, 2.45) is 17.6 Å². The number of hydrogen-bond donors (Lipinski definition) is 3.